The molecule has 5 heteroatoms. The van der Waals surface area contributed by atoms with Gasteiger partial charge in [-0.3, -0.25) is 14.6 Å². The van der Waals surface area contributed by atoms with Crippen molar-refractivity contribution in [2.75, 3.05) is 5.32 Å². The minimum atomic E-state index is -0.317. The van der Waals surface area contributed by atoms with E-state index >= 15 is 0 Å². The van der Waals surface area contributed by atoms with Gasteiger partial charge in [0.1, 0.15) is 5.69 Å². The predicted molar refractivity (Wildman–Crippen MR) is 110 cm³/mol. The number of nitrogens with one attached hydrogen (secondary N) is 2. The number of carbonyl (C=O) groups is 2. The molecule has 0 aliphatic carbocycles. The number of rotatable bonds is 5. The second kappa shape index (κ2) is 8.48. The molecular formula is C23H23N3O2. The summed E-state index contributed by atoms with van der Waals surface area (Å²) < 4.78 is 0. The number of amides is 2. The summed E-state index contributed by atoms with van der Waals surface area (Å²) >= 11 is 0. The average molecular weight is 373 g/mol. The van der Waals surface area contributed by atoms with Crippen LogP contribution in [0.15, 0.2) is 60.8 Å². The molecule has 2 aromatic carbocycles. The SMILES string of the molecule is Cc1cccc(CNC(=O)c2cc(C(=O)Nc3cc(C)ccc3C)ccn2)c1. The largest absolute Gasteiger partial charge is 0.347 e. The van der Waals surface area contributed by atoms with E-state index in [0.717, 1.165) is 27.9 Å². The van der Waals surface area contributed by atoms with E-state index in [4.69, 9.17) is 0 Å². The molecule has 0 aliphatic heterocycles. The molecule has 0 fully saturated rings. The van der Waals surface area contributed by atoms with Crippen molar-refractivity contribution in [2.24, 2.45) is 0 Å². The summed E-state index contributed by atoms with van der Waals surface area (Å²) in [6.45, 7) is 6.32. The first-order valence-electron chi connectivity index (χ1n) is 9.11. The van der Waals surface area contributed by atoms with Crippen molar-refractivity contribution in [1.29, 1.82) is 0 Å². The molecule has 0 radical (unpaired) electrons. The van der Waals surface area contributed by atoms with Gasteiger partial charge in [-0.15, -0.1) is 0 Å². The van der Waals surface area contributed by atoms with Crippen LogP contribution in [0.25, 0.3) is 0 Å². The lowest BCUT2D eigenvalue weighted by Gasteiger charge is -2.10. The number of carbonyl (C=O) groups excluding carboxylic acids is 2. The maximum Gasteiger partial charge on any atom is 0.270 e. The van der Waals surface area contributed by atoms with Gasteiger partial charge in [-0.2, -0.15) is 0 Å². The van der Waals surface area contributed by atoms with Crippen LogP contribution in [0.5, 0.6) is 0 Å². The Balaban J connectivity index is 1.69. The summed E-state index contributed by atoms with van der Waals surface area (Å²) in [5.74, 6) is -0.591. The molecule has 0 unspecified atom stereocenters. The fourth-order valence-corrected chi connectivity index (χ4v) is 2.86. The number of hydrogen-bond donors (Lipinski definition) is 2. The Labute approximate surface area is 164 Å². The lowest BCUT2D eigenvalue weighted by molar-refractivity contribution is 0.0946. The van der Waals surface area contributed by atoms with Crippen LogP contribution in [0.3, 0.4) is 0 Å². The Hall–Kier alpha value is -3.47. The molecule has 28 heavy (non-hydrogen) atoms. The first kappa shape index (κ1) is 19.3. The quantitative estimate of drug-likeness (QED) is 0.704. The van der Waals surface area contributed by atoms with Crippen molar-refractivity contribution >= 4 is 17.5 Å². The molecule has 0 spiro atoms. The normalized spacial score (nSPS) is 10.4. The number of hydrogen-bond acceptors (Lipinski definition) is 3. The van der Waals surface area contributed by atoms with Gasteiger partial charge in [0.2, 0.25) is 0 Å². The summed E-state index contributed by atoms with van der Waals surface area (Å²) in [6, 6.07) is 16.9. The van der Waals surface area contributed by atoms with Gasteiger partial charge < -0.3 is 10.6 Å². The molecule has 0 saturated heterocycles. The van der Waals surface area contributed by atoms with Crippen LogP contribution < -0.4 is 10.6 Å². The third-order valence-electron chi connectivity index (χ3n) is 4.43. The number of benzene rings is 2. The highest BCUT2D eigenvalue weighted by atomic mass is 16.2. The zero-order valence-electron chi connectivity index (χ0n) is 16.2. The summed E-state index contributed by atoms with van der Waals surface area (Å²) in [6.07, 6.45) is 1.47. The third-order valence-corrected chi connectivity index (χ3v) is 4.43. The highest BCUT2D eigenvalue weighted by Gasteiger charge is 2.13. The number of nitrogens with zero attached hydrogens (tertiary/aromatic N) is 1. The van der Waals surface area contributed by atoms with E-state index in [1.165, 1.54) is 12.3 Å². The van der Waals surface area contributed by atoms with Gasteiger partial charge >= 0.3 is 0 Å². The highest BCUT2D eigenvalue weighted by Crippen LogP contribution is 2.17. The Bertz CT molecular complexity index is 1030. The first-order valence-corrected chi connectivity index (χ1v) is 9.11. The van der Waals surface area contributed by atoms with Crippen LogP contribution in [0, 0.1) is 20.8 Å². The van der Waals surface area contributed by atoms with Crippen molar-refractivity contribution in [2.45, 2.75) is 27.3 Å². The topological polar surface area (TPSA) is 71.1 Å². The molecule has 0 bridgehead atoms. The smallest absolute Gasteiger partial charge is 0.270 e. The Morgan fingerprint density at radius 1 is 0.893 bits per heavy atom. The van der Waals surface area contributed by atoms with Gasteiger partial charge in [0, 0.05) is 24.0 Å². The molecule has 0 aliphatic rings. The summed E-state index contributed by atoms with van der Waals surface area (Å²) in [5, 5.41) is 5.74. The zero-order chi connectivity index (χ0) is 20.1. The Morgan fingerprint density at radius 3 is 2.46 bits per heavy atom. The molecule has 5 nitrogen and oxygen atoms in total. The van der Waals surface area contributed by atoms with E-state index in [1.807, 2.05) is 63.2 Å². The van der Waals surface area contributed by atoms with Gasteiger partial charge in [-0.25, -0.2) is 0 Å². The third kappa shape index (κ3) is 4.82. The van der Waals surface area contributed by atoms with E-state index < -0.39 is 0 Å². The molecule has 3 aromatic rings. The molecule has 0 saturated carbocycles. The lowest BCUT2D eigenvalue weighted by Crippen LogP contribution is -2.24. The number of anilines is 1. The van der Waals surface area contributed by atoms with Gasteiger partial charge in [-0.05, 0) is 55.7 Å². The van der Waals surface area contributed by atoms with Crippen LogP contribution >= 0.6 is 0 Å². The molecule has 142 valence electrons. The van der Waals surface area contributed by atoms with E-state index in [1.54, 1.807) is 6.07 Å². The second-order valence-corrected chi connectivity index (χ2v) is 6.87. The van der Waals surface area contributed by atoms with E-state index in [9.17, 15) is 9.59 Å². The fourth-order valence-electron chi connectivity index (χ4n) is 2.86. The van der Waals surface area contributed by atoms with Crippen LogP contribution in [0.4, 0.5) is 5.69 Å². The minimum Gasteiger partial charge on any atom is -0.347 e. The Morgan fingerprint density at radius 2 is 1.68 bits per heavy atom. The van der Waals surface area contributed by atoms with Gasteiger partial charge in [-0.1, -0.05) is 42.0 Å². The molecule has 0 atom stereocenters. The van der Waals surface area contributed by atoms with Crippen molar-refractivity contribution in [1.82, 2.24) is 10.3 Å². The van der Waals surface area contributed by atoms with Gasteiger partial charge in [0.05, 0.1) is 0 Å². The van der Waals surface area contributed by atoms with E-state index in [0.29, 0.717) is 12.1 Å². The molecule has 1 aromatic heterocycles. The van der Waals surface area contributed by atoms with Crippen LogP contribution in [0.1, 0.15) is 43.1 Å². The van der Waals surface area contributed by atoms with Crippen LogP contribution in [-0.2, 0) is 6.54 Å². The Kier molecular flexibility index (Phi) is 5.84. The lowest BCUT2D eigenvalue weighted by atomic mass is 10.1. The zero-order valence-corrected chi connectivity index (χ0v) is 16.2. The van der Waals surface area contributed by atoms with Crippen molar-refractivity contribution in [3.63, 3.8) is 0 Å². The van der Waals surface area contributed by atoms with Crippen molar-refractivity contribution in [3.05, 3.63) is 94.3 Å². The predicted octanol–water partition coefficient (Wildman–Crippen LogP) is 4.19. The second-order valence-electron chi connectivity index (χ2n) is 6.87. The van der Waals surface area contributed by atoms with E-state index in [2.05, 4.69) is 15.6 Å². The summed E-state index contributed by atoms with van der Waals surface area (Å²) in [7, 11) is 0. The fraction of sp³-hybridized carbons (Fsp3) is 0.174. The maximum absolute atomic E-state index is 12.6. The average Bonchev–Trinajstić information content (AvgIpc) is 2.69. The van der Waals surface area contributed by atoms with Crippen molar-refractivity contribution < 1.29 is 9.59 Å². The number of aromatic nitrogens is 1. The van der Waals surface area contributed by atoms with Gasteiger partial charge in [0.15, 0.2) is 0 Å². The van der Waals surface area contributed by atoms with Gasteiger partial charge in [0.25, 0.3) is 11.8 Å². The maximum atomic E-state index is 12.6. The van der Waals surface area contributed by atoms with Crippen LogP contribution in [0.2, 0.25) is 0 Å². The summed E-state index contributed by atoms with van der Waals surface area (Å²) in [4.78, 5) is 29.1. The highest BCUT2D eigenvalue weighted by molar-refractivity contribution is 6.06. The molecular weight excluding hydrogens is 350 g/mol. The summed E-state index contributed by atoms with van der Waals surface area (Å²) in [5.41, 5.74) is 5.54. The first-order chi connectivity index (χ1) is 13.4. The van der Waals surface area contributed by atoms with E-state index in [-0.39, 0.29) is 17.5 Å². The van der Waals surface area contributed by atoms with Crippen molar-refractivity contribution in [3.8, 4) is 0 Å². The molecule has 3 rings (SSSR count). The number of pyridine rings is 1. The number of aryl methyl sites for hydroxylation is 3. The molecule has 1 heterocycles. The molecule has 2 amide bonds. The van der Waals surface area contributed by atoms with Crippen LogP contribution in [-0.4, -0.2) is 16.8 Å². The minimum absolute atomic E-state index is 0.210. The standard InChI is InChI=1S/C23H23N3O2/c1-15-5-4-6-18(11-15)14-25-23(28)21-13-19(9-10-24-21)22(27)26-20-12-16(2)7-8-17(20)3/h4-13H,14H2,1-3H3,(H,25,28)(H,26,27). The monoisotopic (exact) mass is 373 g/mol. The molecule has 2 N–H and O–H groups in total.